The van der Waals surface area contributed by atoms with Crippen LogP contribution in [0.25, 0.3) is 0 Å². The summed E-state index contributed by atoms with van der Waals surface area (Å²) in [5.74, 6) is -1.60. The van der Waals surface area contributed by atoms with Crippen molar-refractivity contribution in [1.29, 1.82) is 0 Å². The molecule has 0 radical (unpaired) electrons. The van der Waals surface area contributed by atoms with Crippen molar-refractivity contribution in [2.24, 2.45) is 0 Å². The molecule has 0 fully saturated rings. The summed E-state index contributed by atoms with van der Waals surface area (Å²) in [5, 5.41) is 5.33. The number of nitrogens with one attached hydrogen (secondary N) is 2. The molecule has 0 aromatic heterocycles. The maximum Gasteiger partial charge on any atom is 0.262 e. The van der Waals surface area contributed by atoms with E-state index < -0.39 is 17.7 Å². The van der Waals surface area contributed by atoms with Gasteiger partial charge in [-0.1, -0.05) is 25.1 Å². The number of imide groups is 1. The molecule has 26 heavy (non-hydrogen) atoms. The van der Waals surface area contributed by atoms with Crippen LogP contribution in [0.5, 0.6) is 0 Å². The van der Waals surface area contributed by atoms with Gasteiger partial charge in [0.25, 0.3) is 11.8 Å². The Bertz CT molecular complexity index is 872. The lowest BCUT2D eigenvalue weighted by molar-refractivity contribution is -0.117. The molecule has 0 unspecified atom stereocenters. The van der Waals surface area contributed by atoms with E-state index in [-0.39, 0.29) is 12.5 Å². The van der Waals surface area contributed by atoms with E-state index in [9.17, 15) is 19.2 Å². The maximum absolute atomic E-state index is 12.3. The largest absolute Gasteiger partial charge is 0.326 e. The van der Waals surface area contributed by atoms with Gasteiger partial charge >= 0.3 is 0 Å². The Kier molecular flexibility index (Phi) is 4.79. The van der Waals surface area contributed by atoms with Crippen LogP contribution in [0.3, 0.4) is 0 Å². The smallest absolute Gasteiger partial charge is 0.262 e. The predicted molar refractivity (Wildman–Crippen MR) is 95.8 cm³/mol. The molecule has 1 heterocycles. The number of fused-ring (bicyclic) bond motifs is 1. The van der Waals surface area contributed by atoms with Crippen molar-refractivity contribution in [2.75, 3.05) is 17.2 Å². The summed E-state index contributed by atoms with van der Waals surface area (Å²) in [6.07, 6.45) is 0.344. The molecule has 0 saturated heterocycles. The van der Waals surface area contributed by atoms with Gasteiger partial charge in [0.2, 0.25) is 11.8 Å². The van der Waals surface area contributed by atoms with Crippen LogP contribution in [0.1, 0.15) is 34.1 Å². The van der Waals surface area contributed by atoms with Gasteiger partial charge in [0, 0.05) is 17.8 Å². The Labute approximate surface area is 150 Å². The minimum absolute atomic E-state index is 0.139. The van der Waals surface area contributed by atoms with Gasteiger partial charge in [-0.05, 0) is 30.3 Å². The Morgan fingerprint density at radius 1 is 0.846 bits per heavy atom. The molecular formula is C19H17N3O4. The number of rotatable bonds is 5. The molecule has 0 atom stereocenters. The number of anilines is 2. The number of carbonyl (C=O) groups is 4. The number of nitrogens with zero attached hydrogens (tertiary/aromatic N) is 1. The molecule has 1 aliphatic heterocycles. The molecule has 2 aromatic rings. The number of amides is 4. The van der Waals surface area contributed by atoms with Crippen molar-refractivity contribution in [2.45, 2.75) is 13.3 Å². The zero-order valence-corrected chi connectivity index (χ0v) is 14.1. The van der Waals surface area contributed by atoms with Crippen molar-refractivity contribution in [3.63, 3.8) is 0 Å². The molecule has 7 nitrogen and oxygen atoms in total. The van der Waals surface area contributed by atoms with E-state index in [2.05, 4.69) is 10.6 Å². The van der Waals surface area contributed by atoms with E-state index in [4.69, 9.17) is 0 Å². The van der Waals surface area contributed by atoms with Crippen LogP contribution in [0.15, 0.2) is 48.5 Å². The first-order valence-electron chi connectivity index (χ1n) is 8.14. The summed E-state index contributed by atoms with van der Waals surface area (Å²) < 4.78 is 0. The van der Waals surface area contributed by atoms with Crippen molar-refractivity contribution in [3.8, 4) is 0 Å². The van der Waals surface area contributed by atoms with Crippen molar-refractivity contribution < 1.29 is 19.2 Å². The van der Waals surface area contributed by atoms with E-state index in [0.29, 0.717) is 28.9 Å². The van der Waals surface area contributed by atoms with Gasteiger partial charge in [-0.2, -0.15) is 0 Å². The molecule has 4 amide bonds. The monoisotopic (exact) mass is 351 g/mol. The van der Waals surface area contributed by atoms with Gasteiger partial charge in [-0.15, -0.1) is 0 Å². The molecule has 0 aliphatic carbocycles. The average Bonchev–Trinajstić information content (AvgIpc) is 2.87. The third kappa shape index (κ3) is 3.46. The van der Waals surface area contributed by atoms with Crippen LogP contribution >= 0.6 is 0 Å². The Morgan fingerprint density at radius 3 is 1.92 bits per heavy atom. The van der Waals surface area contributed by atoms with Crippen molar-refractivity contribution in [3.05, 3.63) is 59.7 Å². The van der Waals surface area contributed by atoms with Crippen LogP contribution in [0.4, 0.5) is 11.4 Å². The topological polar surface area (TPSA) is 95.6 Å². The first-order chi connectivity index (χ1) is 12.5. The van der Waals surface area contributed by atoms with Gasteiger partial charge in [0.05, 0.1) is 11.1 Å². The van der Waals surface area contributed by atoms with E-state index >= 15 is 0 Å². The third-order valence-electron chi connectivity index (χ3n) is 3.93. The van der Waals surface area contributed by atoms with Gasteiger partial charge in [-0.25, -0.2) is 0 Å². The van der Waals surface area contributed by atoms with Gasteiger partial charge < -0.3 is 10.6 Å². The van der Waals surface area contributed by atoms with Crippen molar-refractivity contribution in [1.82, 2.24) is 4.90 Å². The summed E-state index contributed by atoms with van der Waals surface area (Å²) in [7, 11) is 0. The zero-order valence-electron chi connectivity index (χ0n) is 14.1. The van der Waals surface area contributed by atoms with E-state index in [0.717, 1.165) is 4.90 Å². The summed E-state index contributed by atoms with van der Waals surface area (Å²) in [6.45, 7) is 1.36. The van der Waals surface area contributed by atoms with Crippen LogP contribution in [-0.4, -0.2) is 35.1 Å². The van der Waals surface area contributed by atoms with E-state index in [1.807, 2.05) is 0 Å². The zero-order chi connectivity index (χ0) is 18.7. The summed E-state index contributed by atoms with van der Waals surface area (Å²) in [4.78, 5) is 49.2. The minimum atomic E-state index is -0.501. The molecule has 0 saturated carbocycles. The summed E-state index contributed by atoms with van der Waals surface area (Å²) in [5.41, 5.74) is 1.61. The van der Waals surface area contributed by atoms with Crippen LogP contribution in [0.2, 0.25) is 0 Å². The lowest BCUT2D eigenvalue weighted by Gasteiger charge is -2.14. The van der Waals surface area contributed by atoms with Crippen LogP contribution < -0.4 is 10.6 Å². The predicted octanol–water partition coefficient (Wildman–Crippen LogP) is 2.27. The van der Waals surface area contributed by atoms with Crippen LogP contribution in [-0.2, 0) is 9.59 Å². The molecule has 0 bridgehead atoms. The van der Waals surface area contributed by atoms with Gasteiger partial charge in [0.15, 0.2) is 0 Å². The standard InChI is InChI=1S/C19H17N3O4/c1-2-16(23)20-12-6-5-7-13(10-12)21-17(24)11-22-18(25)14-8-3-4-9-15(14)19(22)26/h3-10H,2,11H2,1H3,(H,20,23)(H,21,24). The Balaban J connectivity index is 1.67. The fourth-order valence-electron chi connectivity index (χ4n) is 2.65. The fraction of sp³-hybridized carbons (Fsp3) is 0.158. The SMILES string of the molecule is CCC(=O)Nc1cccc(NC(=O)CN2C(=O)c3ccccc3C2=O)c1. The molecule has 7 heteroatoms. The number of benzene rings is 2. The lowest BCUT2D eigenvalue weighted by atomic mass is 10.1. The van der Waals surface area contributed by atoms with Gasteiger partial charge in [-0.3, -0.25) is 24.1 Å². The second-order valence-corrected chi connectivity index (χ2v) is 5.77. The lowest BCUT2D eigenvalue weighted by Crippen LogP contribution is -2.37. The number of carbonyl (C=O) groups excluding carboxylic acids is 4. The molecule has 2 aromatic carbocycles. The molecule has 132 valence electrons. The first kappa shape index (κ1) is 17.3. The van der Waals surface area contributed by atoms with Crippen molar-refractivity contribution >= 4 is 35.0 Å². The summed E-state index contributed by atoms with van der Waals surface area (Å²) in [6, 6.07) is 13.1. The van der Waals surface area contributed by atoms with E-state index in [1.165, 1.54) is 0 Å². The minimum Gasteiger partial charge on any atom is -0.326 e. The number of hydrogen-bond acceptors (Lipinski definition) is 4. The Morgan fingerprint density at radius 2 is 1.38 bits per heavy atom. The molecule has 3 rings (SSSR count). The maximum atomic E-state index is 12.3. The first-order valence-corrected chi connectivity index (χ1v) is 8.14. The Hall–Kier alpha value is -3.48. The molecule has 2 N–H and O–H groups in total. The number of hydrogen-bond donors (Lipinski definition) is 2. The highest BCUT2D eigenvalue weighted by molar-refractivity contribution is 6.22. The molecule has 1 aliphatic rings. The summed E-state index contributed by atoms with van der Waals surface area (Å²) >= 11 is 0. The van der Waals surface area contributed by atoms with Crippen LogP contribution in [0, 0.1) is 0 Å². The molecule has 0 spiro atoms. The quantitative estimate of drug-likeness (QED) is 0.808. The second-order valence-electron chi connectivity index (χ2n) is 5.77. The normalized spacial score (nSPS) is 12.7. The molecular weight excluding hydrogens is 334 g/mol. The highest BCUT2D eigenvalue weighted by atomic mass is 16.2. The second kappa shape index (κ2) is 7.18. The highest BCUT2D eigenvalue weighted by Crippen LogP contribution is 2.22. The van der Waals surface area contributed by atoms with E-state index in [1.54, 1.807) is 55.5 Å². The fourth-order valence-corrected chi connectivity index (χ4v) is 2.65. The van der Waals surface area contributed by atoms with Gasteiger partial charge in [0.1, 0.15) is 6.54 Å². The highest BCUT2D eigenvalue weighted by Gasteiger charge is 2.36. The average molecular weight is 351 g/mol. The third-order valence-corrected chi connectivity index (χ3v) is 3.93.